The number of primary amides is 1. The van der Waals surface area contributed by atoms with E-state index in [0.717, 1.165) is 24.1 Å². The maximum absolute atomic E-state index is 13.5. The van der Waals surface area contributed by atoms with E-state index in [4.69, 9.17) is 10.5 Å². The van der Waals surface area contributed by atoms with E-state index in [9.17, 15) is 19.5 Å². The van der Waals surface area contributed by atoms with Crippen LogP contribution in [0.2, 0.25) is 0 Å². The van der Waals surface area contributed by atoms with E-state index in [1.165, 1.54) is 18.2 Å². The first kappa shape index (κ1) is 28.4. The zero-order chi connectivity index (χ0) is 27.5. The SMILES string of the molecule is CCC(CC)[C@H](CNCC(=O)c1ccc(O)c(C(N)=O)c1)OC(=O)[C@H](Nc1ccccc1)c1ccccc1. The van der Waals surface area contributed by atoms with Crippen molar-refractivity contribution >= 4 is 23.3 Å². The summed E-state index contributed by atoms with van der Waals surface area (Å²) in [4.78, 5) is 37.7. The molecule has 8 nitrogen and oxygen atoms in total. The zero-order valence-electron chi connectivity index (χ0n) is 21.7. The van der Waals surface area contributed by atoms with Crippen LogP contribution in [0.15, 0.2) is 78.9 Å². The van der Waals surface area contributed by atoms with Crippen LogP contribution in [-0.2, 0) is 9.53 Å². The number of anilines is 1. The Morgan fingerprint density at radius 2 is 1.55 bits per heavy atom. The standard InChI is InChI=1S/C30H35N3O5/c1-3-20(4-2)27(19-32-18-26(35)22-15-16-25(34)24(17-22)29(31)36)38-30(37)28(21-11-7-5-8-12-21)33-23-13-9-6-10-14-23/h5-17,20,27-28,32-34H,3-4,18-19H2,1-2H3,(H2,31,36)/t27-,28+/m0/s1. The maximum Gasteiger partial charge on any atom is 0.333 e. The van der Waals surface area contributed by atoms with Crippen LogP contribution in [0, 0.1) is 5.92 Å². The third-order valence-electron chi connectivity index (χ3n) is 6.51. The van der Waals surface area contributed by atoms with Gasteiger partial charge in [-0.15, -0.1) is 0 Å². The molecule has 1 amide bonds. The topological polar surface area (TPSA) is 131 Å². The molecule has 0 aromatic heterocycles. The van der Waals surface area contributed by atoms with Crippen molar-refractivity contribution in [2.75, 3.05) is 18.4 Å². The molecule has 3 aromatic carbocycles. The largest absolute Gasteiger partial charge is 0.507 e. The molecular formula is C30H35N3O5. The fourth-order valence-corrected chi connectivity index (χ4v) is 4.30. The summed E-state index contributed by atoms with van der Waals surface area (Å²) in [5, 5.41) is 16.2. The van der Waals surface area contributed by atoms with Crippen molar-refractivity contribution in [2.45, 2.75) is 38.8 Å². The molecule has 0 aliphatic carbocycles. The summed E-state index contributed by atoms with van der Waals surface area (Å²) in [6.07, 6.45) is 1.13. The fraction of sp³-hybridized carbons (Fsp3) is 0.300. The number of phenols is 1. The van der Waals surface area contributed by atoms with Crippen LogP contribution in [0.25, 0.3) is 0 Å². The van der Waals surface area contributed by atoms with E-state index < -0.39 is 24.0 Å². The van der Waals surface area contributed by atoms with Crippen LogP contribution in [0.3, 0.4) is 0 Å². The van der Waals surface area contributed by atoms with E-state index >= 15 is 0 Å². The molecule has 8 heteroatoms. The molecule has 3 rings (SSSR count). The molecule has 200 valence electrons. The van der Waals surface area contributed by atoms with Crippen molar-refractivity contribution in [1.29, 1.82) is 0 Å². The molecule has 0 bridgehead atoms. The van der Waals surface area contributed by atoms with Gasteiger partial charge in [-0.05, 0) is 54.7 Å². The third kappa shape index (κ3) is 7.66. The first-order chi connectivity index (χ1) is 18.3. The number of hydrogen-bond acceptors (Lipinski definition) is 7. The molecule has 3 aromatic rings. The van der Waals surface area contributed by atoms with Crippen LogP contribution in [-0.4, -0.2) is 42.0 Å². The lowest BCUT2D eigenvalue weighted by Gasteiger charge is -2.28. The summed E-state index contributed by atoms with van der Waals surface area (Å²) in [7, 11) is 0. The van der Waals surface area contributed by atoms with Crippen molar-refractivity contribution in [2.24, 2.45) is 11.7 Å². The monoisotopic (exact) mass is 517 g/mol. The van der Waals surface area contributed by atoms with Crippen LogP contribution in [0.4, 0.5) is 5.69 Å². The number of carbonyl (C=O) groups is 3. The van der Waals surface area contributed by atoms with Crippen molar-refractivity contribution in [3.05, 3.63) is 95.6 Å². The Hall–Kier alpha value is -4.17. The van der Waals surface area contributed by atoms with E-state index in [2.05, 4.69) is 10.6 Å². The Morgan fingerprint density at radius 1 is 0.921 bits per heavy atom. The van der Waals surface area contributed by atoms with Crippen molar-refractivity contribution in [3.63, 3.8) is 0 Å². The molecule has 0 saturated heterocycles. The van der Waals surface area contributed by atoms with Gasteiger partial charge in [0.1, 0.15) is 11.9 Å². The number of ether oxygens (including phenoxy) is 1. The second kappa shape index (κ2) is 13.9. The number of nitrogens with two attached hydrogens (primary N) is 1. The van der Waals surface area contributed by atoms with Crippen LogP contribution >= 0.6 is 0 Å². The molecule has 0 saturated carbocycles. The average molecular weight is 518 g/mol. The number of nitrogens with one attached hydrogen (secondary N) is 2. The number of amides is 1. The van der Waals surface area contributed by atoms with Crippen LogP contribution in [0.5, 0.6) is 5.75 Å². The Bertz CT molecular complexity index is 1210. The molecule has 38 heavy (non-hydrogen) atoms. The number of rotatable bonds is 14. The fourth-order valence-electron chi connectivity index (χ4n) is 4.30. The highest BCUT2D eigenvalue weighted by molar-refractivity contribution is 6.02. The predicted molar refractivity (Wildman–Crippen MR) is 147 cm³/mol. The van der Waals surface area contributed by atoms with Gasteiger partial charge >= 0.3 is 5.97 Å². The number of ketones is 1. The van der Waals surface area contributed by atoms with E-state index in [1.54, 1.807) is 0 Å². The van der Waals surface area contributed by atoms with Gasteiger partial charge in [-0.3, -0.25) is 9.59 Å². The summed E-state index contributed by atoms with van der Waals surface area (Å²) >= 11 is 0. The molecule has 0 aliphatic heterocycles. The molecule has 5 N–H and O–H groups in total. The minimum atomic E-state index is -0.817. The summed E-state index contributed by atoms with van der Waals surface area (Å²) in [6, 6.07) is 22.1. The molecule has 0 spiro atoms. The predicted octanol–water partition coefficient (Wildman–Crippen LogP) is 4.46. The highest BCUT2D eigenvalue weighted by atomic mass is 16.5. The van der Waals surface area contributed by atoms with Gasteiger partial charge in [0.15, 0.2) is 11.8 Å². The highest BCUT2D eigenvalue weighted by Crippen LogP contribution is 2.24. The minimum absolute atomic E-state index is 0.0401. The Labute approximate surface area is 223 Å². The highest BCUT2D eigenvalue weighted by Gasteiger charge is 2.29. The second-order valence-electron chi connectivity index (χ2n) is 9.06. The molecule has 0 aliphatic rings. The number of carbonyl (C=O) groups excluding carboxylic acids is 3. The van der Waals surface area contributed by atoms with Crippen molar-refractivity contribution in [1.82, 2.24) is 5.32 Å². The zero-order valence-corrected chi connectivity index (χ0v) is 21.7. The number of esters is 1. The number of benzene rings is 3. The Kier molecular flexibility index (Phi) is 10.4. The van der Waals surface area contributed by atoms with Crippen molar-refractivity contribution in [3.8, 4) is 5.75 Å². The lowest BCUT2D eigenvalue weighted by atomic mass is 9.96. The summed E-state index contributed by atoms with van der Waals surface area (Å²) in [5.74, 6) is -1.70. The molecular weight excluding hydrogens is 482 g/mol. The quantitative estimate of drug-likeness (QED) is 0.183. The smallest absolute Gasteiger partial charge is 0.333 e. The summed E-state index contributed by atoms with van der Waals surface area (Å²) in [6.45, 7) is 4.32. The Morgan fingerprint density at radius 3 is 2.16 bits per heavy atom. The number of Topliss-reactive ketones (excluding diaryl/α,β-unsaturated/α-hetero) is 1. The van der Waals surface area contributed by atoms with Gasteiger partial charge in [-0.2, -0.15) is 0 Å². The Balaban J connectivity index is 1.72. The van der Waals surface area contributed by atoms with Crippen LogP contribution in [0.1, 0.15) is 59.0 Å². The molecule has 0 heterocycles. The lowest BCUT2D eigenvalue weighted by molar-refractivity contribution is -0.153. The number of para-hydroxylation sites is 1. The van der Waals surface area contributed by atoms with E-state index in [0.29, 0.717) is 0 Å². The van der Waals surface area contributed by atoms with E-state index in [-0.39, 0.29) is 41.7 Å². The maximum atomic E-state index is 13.5. The van der Waals surface area contributed by atoms with Gasteiger partial charge in [-0.1, -0.05) is 62.4 Å². The minimum Gasteiger partial charge on any atom is -0.507 e. The average Bonchev–Trinajstić information content (AvgIpc) is 2.93. The van der Waals surface area contributed by atoms with Gasteiger partial charge in [0.2, 0.25) is 0 Å². The first-order valence-electron chi connectivity index (χ1n) is 12.8. The van der Waals surface area contributed by atoms with Gasteiger partial charge < -0.3 is 26.2 Å². The second-order valence-corrected chi connectivity index (χ2v) is 9.06. The van der Waals surface area contributed by atoms with Crippen molar-refractivity contribution < 1.29 is 24.2 Å². The number of aromatic hydroxyl groups is 1. The van der Waals surface area contributed by atoms with Gasteiger partial charge in [0, 0.05) is 17.8 Å². The first-order valence-corrected chi connectivity index (χ1v) is 12.8. The van der Waals surface area contributed by atoms with Gasteiger partial charge in [0.25, 0.3) is 5.91 Å². The third-order valence-corrected chi connectivity index (χ3v) is 6.51. The lowest BCUT2D eigenvalue weighted by Crippen LogP contribution is -2.40. The van der Waals surface area contributed by atoms with E-state index in [1.807, 2.05) is 74.5 Å². The van der Waals surface area contributed by atoms with Crippen LogP contribution < -0.4 is 16.4 Å². The molecule has 0 unspecified atom stereocenters. The summed E-state index contributed by atoms with van der Waals surface area (Å²) < 4.78 is 6.07. The molecule has 0 fully saturated rings. The summed E-state index contributed by atoms with van der Waals surface area (Å²) in [5.41, 5.74) is 6.98. The van der Waals surface area contributed by atoms with Gasteiger partial charge in [0.05, 0.1) is 12.1 Å². The molecule has 0 radical (unpaired) electrons. The normalized spacial score (nSPS) is 12.5. The molecule has 2 atom stereocenters. The van der Waals surface area contributed by atoms with Gasteiger partial charge in [-0.25, -0.2) is 4.79 Å². The number of hydrogen-bond donors (Lipinski definition) is 4.